The van der Waals surface area contributed by atoms with Gasteiger partial charge in [0.15, 0.2) is 0 Å². The van der Waals surface area contributed by atoms with Crippen molar-refractivity contribution in [1.29, 1.82) is 0 Å². The van der Waals surface area contributed by atoms with Crippen molar-refractivity contribution < 1.29 is 9.18 Å². The smallest absolute Gasteiger partial charge is 0.230 e. The molecule has 4 rings (SSSR count). The van der Waals surface area contributed by atoms with Crippen LogP contribution in [0.2, 0.25) is 0 Å². The minimum atomic E-state index is -0.231. The van der Waals surface area contributed by atoms with Crippen LogP contribution >= 0.6 is 0 Å². The number of halogens is 1. The zero-order chi connectivity index (χ0) is 16.0. The predicted octanol–water partition coefficient (Wildman–Crippen LogP) is 3.02. The first kappa shape index (κ1) is 14.4. The number of H-pyrrole nitrogens is 1. The number of nitrogens with one attached hydrogen (secondary N) is 1. The fourth-order valence-corrected chi connectivity index (χ4v) is 3.86. The number of hydrogen-bond donors (Lipinski definition) is 1. The Hall–Kier alpha value is -2.17. The number of hydrogen-bond acceptors (Lipinski definition) is 2. The molecule has 1 aliphatic heterocycles. The molecule has 2 aliphatic rings. The summed E-state index contributed by atoms with van der Waals surface area (Å²) in [5.41, 5.74) is 3.99. The van der Waals surface area contributed by atoms with Gasteiger partial charge in [-0.05, 0) is 56.4 Å². The molecule has 1 aromatic carbocycles. The number of nitrogens with zero attached hydrogens (tertiary/aromatic N) is 2. The number of benzene rings is 1. The second-order valence-electron chi connectivity index (χ2n) is 6.64. The van der Waals surface area contributed by atoms with Crippen molar-refractivity contribution in [3.63, 3.8) is 0 Å². The Labute approximate surface area is 134 Å². The van der Waals surface area contributed by atoms with Gasteiger partial charge in [0.2, 0.25) is 5.91 Å². The normalized spacial score (nSPS) is 23.3. The zero-order valence-corrected chi connectivity index (χ0v) is 13.2. The van der Waals surface area contributed by atoms with Gasteiger partial charge in [0, 0.05) is 29.8 Å². The predicted molar refractivity (Wildman–Crippen MR) is 85.8 cm³/mol. The molecule has 1 aromatic heterocycles. The van der Waals surface area contributed by atoms with Crippen molar-refractivity contribution >= 4 is 11.6 Å². The molecule has 23 heavy (non-hydrogen) atoms. The summed E-state index contributed by atoms with van der Waals surface area (Å²) in [6.45, 7) is 2.08. The number of amides is 1. The summed E-state index contributed by atoms with van der Waals surface area (Å²) in [5.74, 6) is -0.0998. The minimum Gasteiger partial charge on any atom is -0.348 e. The number of aromatic nitrogens is 2. The van der Waals surface area contributed by atoms with E-state index in [4.69, 9.17) is 0 Å². The van der Waals surface area contributed by atoms with Crippen molar-refractivity contribution in [3.05, 3.63) is 47.3 Å². The van der Waals surface area contributed by atoms with Crippen molar-refractivity contribution in [2.45, 2.75) is 45.1 Å². The maximum Gasteiger partial charge on any atom is 0.230 e. The Morgan fingerprint density at radius 3 is 3.09 bits per heavy atom. The van der Waals surface area contributed by atoms with Crippen LogP contribution < -0.4 is 4.90 Å². The van der Waals surface area contributed by atoms with Gasteiger partial charge in [-0.25, -0.2) is 9.37 Å². The van der Waals surface area contributed by atoms with Gasteiger partial charge in [-0.1, -0.05) is 0 Å². The average molecular weight is 313 g/mol. The number of rotatable bonds is 1. The second kappa shape index (κ2) is 5.48. The van der Waals surface area contributed by atoms with E-state index in [2.05, 4.69) is 16.9 Å². The highest BCUT2D eigenvalue weighted by Gasteiger charge is 2.35. The van der Waals surface area contributed by atoms with E-state index in [-0.39, 0.29) is 23.7 Å². The number of carbonyl (C=O) groups is 1. The van der Waals surface area contributed by atoms with Crippen LogP contribution in [0.4, 0.5) is 10.1 Å². The Morgan fingerprint density at radius 2 is 2.22 bits per heavy atom. The summed E-state index contributed by atoms with van der Waals surface area (Å²) in [4.78, 5) is 22.5. The van der Waals surface area contributed by atoms with E-state index >= 15 is 0 Å². The summed E-state index contributed by atoms with van der Waals surface area (Å²) < 4.78 is 13.5. The summed E-state index contributed by atoms with van der Waals surface area (Å²) in [6, 6.07) is 4.92. The summed E-state index contributed by atoms with van der Waals surface area (Å²) in [6.07, 6.45) is 5.80. The minimum absolute atomic E-state index is 0.0265. The van der Waals surface area contributed by atoms with Crippen molar-refractivity contribution in [2.75, 3.05) is 4.90 Å². The molecular formula is C18H20FN3O. The zero-order valence-electron chi connectivity index (χ0n) is 13.2. The van der Waals surface area contributed by atoms with Crippen molar-refractivity contribution in [3.8, 4) is 0 Å². The SMILES string of the molecule is CC1CCc2cc(F)ccc2N1C(=O)C1CCc2nc[nH]c2C1. The lowest BCUT2D eigenvalue weighted by Crippen LogP contribution is -2.46. The maximum atomic E-state index is 13.5. The van der Waals surface area contributed by atoms with E-state index in [1.54, 1.807) is 18.5 Å². The van der Waals surface area contributed by atoms with Crippen molar-refractivity contribution in [2.24, 2.45) is 5.92 Å². The Bertz CT molecular complexity index is 754. The van der Waals surface area contributed by atoms with E-state index < -0.39 is 0 Å². The highest BCUT2D eigenvalue weighted by Crippen LogP contribution is 2.34. The van der Waals surface area contributed by atoms with Crippen LogP contribution in [0.5, 0.6) is 0 Å². The number of carbonyl (C=O) groups excluding carboxylic acids is 1. The first-order chi connectivity index (χ1) is 11.1. The van der Waals surface area contributed by atoms with Crippen LogP contribution in [-0.2, 0) is 24.1 Å². The molecule has 120 valence electrons. The molecule has 0 fully saturated rings. The van der Waals surface area contributed by atoms with Crippen LogP contribution in [0.15, 0.2) is 24.5 Å². The third kappa shape index (κ3) is 2.44. The van der Waals surface area contributed by atoms with E-state index in [0.29, 0.717) is 6.42 Å². The van der Waals surface area contributed by atoms with Gasteiger partial charge < -0.3 is 9.88 Å². The van der Waals surface area contributed by atoms with Crippen LogP contribution in [0, 0.1) is 11.7 Å². The summed E-state index contributed by atoms with van der Waals surface area (Å²) in [5, 5.41) is 0. The molecule has 2 aromatic rings. The molecule has 0 bridgehead atoms. The number of aromatic amines is 1. The van der Waals surface area contributed by atoms with E-state index in [1.807, 2.05) is 4.90 Å². The topological polar surface area (TPSA) is 49.0 Å². The molecule has 0 saturated heterocycles. The number of anilines is 1. The second-order valence-corrected chi connectivity index (χ2v) is 6.64. The fraction of sp³-hybridized carbons (Fsp3) is 0.444. The van der Waals surface area contributed by atoms with Crippen LogP contribution in [0.3, 0.4) is 0 Å². The van der Waals surface area contributed by atoms with Gasteiger partial charge in [0.25, 0.3) is 0 Å². The first-order valence-electron chi connectivity index (χ1n) is 8.26. The lowest BCUT2D eigenvalue weighted by Gasteiger charge is -2.38. The van der Waals surface area contributed by atoms with Gasteiger partial charge in [0.05, 0.1) is 12.0 Å². The van der Waals surface area contributed by atoms with E-state index in [0.717, 1.165) is 48.3 Å². The molecule has 4 nitrogen and oxygen atoms in total. The Morgan fingerprint density at radius 1 is 1.35 bits per heavy atom. The van der Waals surface area contributed by atoms with Crippen molar-refractivity contribution in [1.82, 2.24) is 9.97 Å². The van der Waals surface area contributed by atoms with Crippen LogP contribution in [-0.4, -0.2) is 21.9 Å². The number of fused-ring (bicyclic) bond motifs is 2. The fourth-order valence-electron chi connectivity index (χ4n) is 3.86. The molecule has 1 aliphatic carbocycles. The molecule has 2 atom stereocenters. The average Bonchev–Trinajstić information content (AvgIpc) is 3.02. The lowest BCUT2D eigenvalue weighted by atomic mass is 9.87. The Balaban J connectivity index is 1.64. The molecule has 2 unspecified atom stereocenters. The third-order valence-electron chi connectivity index (χ3n) is 5.15. The molecule has 2 heterocycles. The van der Waals surface area contributed by atoms with E-state index in [9.17, 15) is 9.18 Å². The summed E-state index contributed by atoms with van der Waals surface area (Å²) >= 11 is 0. The maximum absolute atomic E-state index is 13.5. The monoisotopic (exact) mass is 313 g/mol. The molecule has 0 radical (unpaired) electrons. The standard InChI is InChI=1S/C18H20FN3O/c1-11-2-3-12-8-14(19)5-7-17(12)22(11)18(23)13-4-6-15-16(9-13)21-10-20-15/h5,7-8,10-11,13H,2-4,6,9H2,1H3,(H,20,21). The van der Waals surface area contributed by atoms with Gasteiger partial charge in [0.1, 0.15) is 5.82 Å². The largest absolute Gasteiger partial charge is 0.348 e. The number of imidazole rings is 1. The lowest BCUT2D eigenvalue weighted by molar-refractivity contribution is -0.123. The third-order valence-corrected chi connectivity index (χ3v) is 5.15. The molecule has 5 heteroatoms. The summed E-state index contributed by atoms with van der Waals surface area (Å²) in [7, 11) is 0. The highest BCUT2D eigenvalue weighted by molar-refractivity contribution is 5.97. The quantitative estimate of drug-likeness (QED) is 0.880. The molecule has 1 N–H and O–H groups in total. The van der Waals surface area contributed by atoms with E-state index in [1.165, 1.54) is 6.07 Å². The molecule has 0 spiro atoms. The van der Waals surface area contributed by atoms with Gasteiger partial charge in [-0.3, -0.25) is 4.79 Å². The van der Waals surface area contributed by atoms with Gasteiger partial charge in [-0.2, -0.15) is 0 Å². The molecule has 1 amide bonds. The molecular weight excluding hydrogens is 293 g/mol. The van der Waals surface area contributed by atoms with Gasteiger partial charge in [-0.15, -0.1) is 0 Å². The number of aryl methyl sites for hydroxylation is 2. The highest BCUT2D eigenvalue weighted by atomic mass is 19.1. The Kier molecular flexibility index (Phi) is 3.43. The van der Waals surface area contributed by atoms with Crippen LogP contribution in [0.1, 0.15) is 36.7 Å². The molecule has 0 saturated carbocycles. The van der Waals surface area contributed by atoms with Gasteiger partial charge >= 0.3 is 0 Å². The first-order valence-corrected chi connectivity index (χ1v) is 8.26. The van der Waals surface area contributed by atoms with Crippen LogP contribution in [0.25, 0.3) is 0 Å².